The second-order valence-corrected chi connectivity index (χ2v) is 9.14. The molecule has 2 aromatic carbocycles. The van der Waals surface area contributed by atoms with Crippen molar-refractivity contribution in [3.8, 4) is 5.75 Å². The second kappa shape index (κ2) is 8.26. The van der Waals surface area contributed by atoms with Crippen LogP contribution < -0.4 is 15.4 Å². The minimum absolute atomic E-state index is 0.0293. The minimum atomic E-state index is -0.610. The molecule has 1 atom stereocenters. The summed E-state index contributed by atoms with van der Waals surface area (Å²) in [5.41, 5.74) is 8.13. The lowest BCUT2D eigenvalue weighted by Crippen LogP contribution is -2.44. The first-order chi connectivity index (χ1) is 15.2. The number of hydrogen-bond acceptors (Lipinski definition) is 4. The van der Waals surface area contributed by atoms with Gasteiger partial charge < -0.3 is 10.5 Å². The molecule has 2 aliphatic rings. The van der Waals surface area contributed by atoms with Crippen molar-refractivity contribution in [3.05, 3.63) is 70.9 Å². The molecular weight excluding hydrogens is 404 g/mol. The number of nitrogens with two attached hydrogens (primary N) is 1. The zero-order valence-electron chi connectivity index (χ0n) is 18.7. The Kier molecular flexibility index (Phi) is 5.63. The summed E-state index contributed by atoms with van der Waals surface area (Å²) >= 11 is 0. The van der Waals surface area contributed by atoms with E-state index in [2.05, 4.69) is 0 Å². The van der Waals surface area contributed by atoms with Gasteiger partial charge in [-0.3, -0.25) is 19.3 Å². The first-order valence-electron chi connectivity index (χ1n) is 10.9. The Morgan fingerprint density at radius 3 is 2.50 bits per heavy atom. The summed E-state index contributed by atoms with van der Waals surface area (Å²) < 4.78 is 5.82. The van der Waals surface area contributed by atoms with Crippen LogP contribution in [0.2, 0.25) is 0 Å². The Morgan fingerprint density at radius 1 is 1.09 bits per heavy atom. The molecule has 2 aromatic rings. The molecule has 0 fully saturated rings. The third kappa shape index (κ3) is 3.81. The molecule has 2 N–H and O–H groups in total. The van der Waals surface area contributed by atoms with Crippen molar-refractivity contribution in [2.24, 2.45) is 11.1 Å². The molecule has 0 radical (unpaired) electrons. The molecule has 0 bridgehead atoms. The molecule has 1 heterocycles. The topological polar surface area (TPSA) is 89.7 Å². The van der Waals surface area contributed by atoms with Gasteiger partial charge in [-0.05, 0) is 37.0 Å². The minimum Gasteiger partial charge on any atom is -0.494 e. The van der Waals surface area contributed by atoms with E-state index in [-0.39, 0.29) is 35.0 Å². The Morgan fingerprint density at radius 2 is 1.78 bits per heavy atom. The van der Waals surface area contributed by atoms with Gasteiger partial charge in [0.05, 0.1) is 17.9 Å². The number of benzene rings is 2. The highest BCUT2D eigenvalue weighted by atomic mass is 16.5. The number of carbonyl (C=O) groups is 3. The number of nitrogens with zero attached hydrogens (tertiary/aromatic N) is 1. The van der Waals surface area contributed by atoms with Crippen LogP contribution in [0, 0.1) is 5.41 Å². The zero-order chi connectivity index (χ0) is 23.0. The van der Waals surface area contributed by atoms with Crippen LogP contribution in [0.4, 0.5) is 5.69 Å². The van der Waals surface area contributed by atoms with Gasteiger partial charge in [0.2, 0.25) is 5.91 Å². The number of ether oxygens (including phenoxy) is 1. The van der Waals surface area contributed by atoms with E-state index in [1.807, 2.05) is 45.0 Å². The van der Waals surface area contributed by atoms with Crippen LogP contribution in [-0.4, -0.2) is 24.2 Å². The van der Waals surface area contributed by atoms with Crippen LogP contribution in [-0.2, 0) is 9.59 Å². The summed E-state index contributed by atoms with van der Waals surface area (Å²) in [6.07, 6.45) is 1.06. The number of para-hydroxylation sites is 2. The van der Waals surface area contributed by atoms with Crippen molar-refractivity contribution in [2.45, 2.75) is 46.0 Å². The maximum Gasteiger partial charge on any atom is 0.250 e. The normalized spacial score (nSPS) is 20.2. The van der Waals surface area contributed by atoms with E-state index in [4.69, 9.17) is 10.5 Å². The smallest absolute Gasteiger partial charge is 0.250 e. The lowest BCUT2D eigenvalue weighted by Gasteiger charge is -2.43. The summed E-state index contributed by atoms with van der Waals surface area (Å²) in [7, 11) is 0. The fourth-order valence-electron chi connectivity index (χ4n) is 4.89. The van der Waals surface area contributed by atoms with Crippen molar-refractivity contribution in [3.63, 3.8) is 0 Å². The van der Waals surface area contributed by atoms with Crippen LogP contribution in [0.15, 0.2) is 59.8 Å². The number of ketones is 1. The van der Waals surface area contributed by atoms with Crippen LogP contribution in [0.25, 0.3) is 0 Å². The van der Waals surface area contributed by atoms with Gasteiger partial charge in [-0.25, -0.2) is 0 Å². The maximum absolute atomic E-state index is 13.6. The molecule has 166 valence electrons. The largest absolute Gasteiger partial charge is 0.494 e. The first-order valence-corrected chi connectivity index (χ1v) is 10.9. The van der Waals surface area contributed by atoms with E-state index in [9.17, 15) is 14.4 Å². The number of carbonyl (C=O) groups excluding carboxylic acids is 3. The van der Waals surface area contributed by atoms with E-state index >= 15 is 0 Å². The van der Waals surface area contributed by atoms with Crippen LogP contribution in [0.5, 0.6) is 5.75 Å². The molecule has 0 spiro atoms. The maximum atomic E-state index is 13.6. The molecular formula is C26H28N2O4. The average molecular weight is 433 g/mol. The Labute approximate surface area is 188 Å². The van der Waals surface area contributed by atoms with Gasteiger partial charge in [0.15, 0.2) is 5.78 Å². The van der Waals surface area contributed by atoms with E-state index in [0.717, 1.165) is 5.56 Å². The van der Waals surface area contributed by atoms with Crippen LogP contribution >= 0.6 is 0 Å². The number of primary amides is 1. The third-order valence-corrected chi connectivity index (χ3v) is 6.15. The van der Waals surface area contributed by atoms with E-state index < -0.39 is 5.91 Å². The molecule has 1 aliphatic carbocycles. The van der Waals surface area contributed by atoms with E-state index in [0.29, 0.717) is 42.2 Å². The van der Waals surface area contributed by atoms with Gasteiger partial charge >= 0.3 is 0 Å². The summed E-state index contributed by atoms with van der Waals surface area (Å²) in [5, 5.41) is 0. The molecule has 6 nitrogen and oxygen atoms in total. The highest BCUT2D eigenvalue weighted by molar-refractivity contribution is 6.11. The number of hydrogen-bond donors (Lipinski definition) is 1. The molecule has 1 aliphatic heterocycles. The number of Topliss-reactive ketones (excluding diaryl/α,β-unsaturated/α-hetero) is 1. The van der Waals surface area contributed by atoms with Crippen molar-refractivity contribution >= 4 is 23.3 Å². The van der Waals surface area contributed by atoms with Crippen LogP contribution in [0.3, 0.4) is 0 Å². The summed E-state index contributed by atoms with van der Waals surface area (Å²) in [6.45, 7) is 6.44. The first kappa shape index (κ1) is 21.8. The van der Waals surface area contributed by atoms with Crippen molar-refractivity contribution < 1.29 is 19.1 Å². The molecule has 4 rings (SSSR count). The quantitative estimate of drug-likeness (QED) is 0.761. The van der Waals surface area contributed by atoms with E-state index in [1.165, 1.54) is 0 Å². The number of anilines is 1. The standard InChI is InChI=1S/C26H28N2O4/c1-4-32-22-12-8-6-9-16(22)18-13-23(30)28(19-11-7-5-10-17(19)25(27)31)20-14-26(2,3)15-21(29)24(18)20/h5-12,18H,4,13-15H2,1-3H3,(H2,27,31). The zero-order valence-corrected chi connectivity index (χ0v) is 18.7. The number of amides is 2. The fraction of sp³-hybridized carbons (Fsp3) is 0.346. The predicted octanol–water partition coefficient (Wildman–Crippen LogP) is 4.35. The fourth-order valence-corrected chi connectivity index (χ4v) is 4.89. The number of allylic oxidation sites excluding steroid dienone is 2. The molecule has 6 heteroatoms. The molecule has 1 unspecified atom stereocenters. The van der Waals surface area contributed by atoms with Gasteiger partial charge in [-0.1, -0.05) is 44.2 Å². The molecule has 0 saturated heterocycles. The van der Waals surface area contributed by atoms with Crippen molar-refractivity contribution in [1.82, 2.24) is 0 Å². The molecule has 0 aromatic heterocycles. The summed E-state index contributed by atoms with van der Waals surface area (Å²) in [4.78, 5) is 40.7. The third-order valence-electron chi connectivity index (χ3n) is 6.15. The highest BCUT2D eigenvalue weighted by Gasteiger charge is 2.45. The Balaban J connectivity index is 1.95. The van der Waals surface area contributed by atoms with Gasteiger partial charge in [0.25, 0.3) is 5.91 Å². The lowest BCUT2D eigenvalue weighted by atomic mass is 9.69. The highest BCUT2D eigenvalue weighted by Crippen LogP contribution is 2.49. The number of rotatable bonds is 5. The SMILES string of the molecule is CCOc1ccccc1C1CC(=O)N(c2ccccc2C(N)=O)C2=C1C(=O)CC(C)(C)C2. The Hall–Kier alpha value is -3.41. The monoisotopic (exact) mass is 432 g/mol. The van der Waals surface area contributed by atoms with Crippen molar-refractivity contribution in [1.29, 1.82) is 0 Å². The van der Waals surface area contributed by atoms with Gasteiger partial charge in [-0.15, -0.1) is 0 Å². The molecule has 0 saturated carbocycles. The van der Waals surface area contributed by atoms with E-state index in [1.54, 1.807) is 29.2 Å². The van der Waals surface area contributed by atoms with Gasteiger partial charge in [0.1, 0.15) is 5.75 Å². The summed E-state index contributed by atoms with van der Waals surface area (Å²) in [6, 6.07) is 14.4. The molecule has 32 heavy (non-hydrogen) atoms. The second-order valence-electron chi connectivity index (χ2n) is 9.14. The Bertz CT molecular complexity index is 1130. The van der Waals surface area contributed by atoms with Crippen LogP contribution in [0.1, 0.15) is 61.9 Å². The predicted molar refractivity (Wildman–Crippen MR) is 122 cm³/mol. The lowest BCUT2D eigenvalue weighted by molar-refractivity contribution is -0.121. The van der Waals surface area contributed by atoms with Gasteiger partial charge in [0, 0.05) is 35.6 Å². The summed E-state index contributed by atoms with van der Waals surface area (Å²) in [5.74, 6) is -0.453. The van der Waals surface area contributed by atoms with Gasteiger partial charge in [-0.2, -0.15) is 0 Å². The van der Waals surface area contributed by atoms with Crippen molar-refractivity contribution in [2.75, 3.05) is 11.5 Å². The molecule has 2 amide bonds. The average Bonchev–Trinajstić information content (AvgIpc) is 2.73.